The molecule has 0 saturated heterocycles. The molecule has 0 amide bonds. The zero-order valence-electron chi connectivity index (χ0n) is 3.79. The molecule has 0 spiro atoms. The van der Waals surface area contributed by atoms with Crippen molar-refractivity contribution < 1.29 is 8.37 Å². The second-order valence-corrected chi connectivity index (χ2v) is 1.24. The van der Waals surface area contributed by atoms with Crippen molar-refractivity contribution >= 4 is 12.3 Å². The lowest BCUT2D eigenvalue weighted by molar-refractivity contribution is 0.298. The maximum Gasteiger partial charge on any atom is 0.161 e. The zero-order chi connectivity index (χ0) is 5.54. The van der Waals surface area contributed by atoms with Crippen LogP contribution in [0.25, 0.3) is 0 Å². The molecule has 0 rings (SSSR count). The molecule has 4 nitrogen and oxygen atoms in total. The van der Waals surface area contributed by atoms with Crippen LogP contribution in [0.5, 0.6) is 0 Å². The summed E-state index contributed by atoms with van der Waals surface area (Å²) in [6, 6.07) is 0. The molecule has 0 aliphatic carbocycles. The molecule has 0 unspecified atom stereocenters. The standard InChI is InChI=1S/C2H8N2O2S/c3-1-5-7-6-2-4/h1-4H2. The molecule has 0 aromatic rings. The summed E-state index contributed by atoms with van der Waals surface area (Å²) in [4.78, 5) is 0. The fourth-order valence-corrected chi connectivity index (χ4v) is 0.269. The Balaban J connectivity index is 2.45. The van der Waals surface area contributed by atoms with Gasteiger partial charge in [-0.25, -0.2) is 0 Å². The monoisotopic (exact) mass is 124 g/mol. The molecule has 0 aromatic carbocycles. The lowest BCUT2D eigenvalue weighted by Gasteiger charge is -1.93. The second kappa shape index (κ2) is 6.19. The summed E-state index contributed by atoms with van der Waals surface area (Å²) in [5.41, 5.74) is 9.81. The number of nitrogens with two attached hydrogens (primary N) is 2. The second-order valence-electron chi connectivity index (χ2n) is 0.637. The van der Waals surface area contributed by atoms with E-state index in [9.17, 15) is 0 Å². The molecular weight excluding hydrogens is 116 g/mol. The van der Waals surface area contributed by atoms with Crippen LogP contribution in [0.3, 0.4) is 0 Å². The normalized spacial score (nSPS) is 9.43. The summed E-state index contributed by atoms with van der Waals surface area (Å²) in [6.07, 6.45) is 0. The van der Waals surface area contributed by atoms with Gasteiger partial charge < -0.3 is 11.5 Å². The maximum absolute atomic E-state index is 4.91. The first-order valence-electron chi connectivity index (χ1n) is 1.73. The summed E-state index contributed by atoms with van der Waals surface area (Å²) in [5, 5.41) is 0. The quantitative estimate of drug-likeness (QED) is 0.298. The Morgan fingerprint density at radius 1 is 1.14 bits per heavy atom. The van der Waals surface area contributed by atoms with E-state index in [1.807, 2.05) is 0 Å². The van der Waals surface area contributed by atoms with Gasteiger partial charge in [0.05, 0.1) is 0 Å². The molecule has 0 saturated carbocycles. The van der Waals surface area contributed by atoms with Crippen LogP contribution in [-0.2, 0) is 8.37 Å². The molecule has 4 N–H and O–H groups in total. The van der Waals surface area contributed by atoms with E-state index in [0.717, 1.165) is 12.3 Å². The van der Waals surface area contributed by atoms with E-state index in [-0.39, 0.29) is 13.5 Å². The van der Waals surface area contributed by atoms with Gasteiger partial charge >= 0.3 is 0 Å². The average molecular weight is 124 g/mol. The van der Waals surface area contributed by atoms with Crippen LogP contribution in [0.2, 0.25) is 0 Å². The number of rotatable bonds is 4. The van der Waals surface area contributed by atoms with E-state index in [0.29, 0.717) is 0 Å². The van der Waals surface area contributed by atoms with Crippen LogP contribution in [0.4, 0.5) is 0 Å². The maximum atomic E-state index is 4.91. The molecule has 0 radical (unpaired) electrons. The van der Waals surface area contributed by atoms with Gasteiger partial charge in [-0.2, -0.15) is 0 Å². The molecule has 7 heavy (non-hydrogen) atoms. The van der Waals surface area contributed by atoms with Gasteiger partial charge in [0.25, 0.3) is 0 Å². The first-order chi connectivity index (χ1) is 3.41. The Morgan fingerprint density at radius 3 is 1.86 bits per heavy atom. The fourth-order valence-electron chi connectivity index (χ4n) is 0.0896. The highest BCUT2D eigenvalue weighted by Gasteiger charge is 1.79. The predicted molar refractivity (Wildman–Crippen MR) is 27.9 cm³/mol. The van der Waals surface area contributed by atoms with Crippen molar-refractivity contribution in [3.05, 3.63) is 0 Å². The molecule has 44 valence electrons. The third-order valence-corrected chi connectivity index (χ3v) is 0.697. The zero-order valence-corrected chi connectivity index (χ0v) is 4.61. The number of hydrogen-bond donors (Lipinski definition) is 2. The van der Waals surface area contributed by atoms with Crippen LogP contribution in [0.1, 0.15) is 0 Å². The highest BCUT2D eigenvalue weighted by Crippen LogP contribution is 1.98. The van der Waals surface area contributed by atoms with E-state index >= 15 is 0 Å². The molecule has 5 heteroatoms. The minimum atomic E-state index is 0.144. The summed E-state index contributed by atoms with van der Waals surface area (Å²) < 4.78 is 8.93. The Bertz CT molecular complexity index is 32.9. The third kappa shape index (κ3) is 6.19. The molecule has 0 fully saturated rings. The summed E-state index contributed by atoms with van der Waals surface area (Å²) in [7, 11) is 0. The summed E-state index contributed by atoms with van der Waals surface area (Å²) in [6.45, 7) is 0.287. The van der Waals surface area contributed by atoms with Gasteiger partial charge in [-0.15, -0.1) is 0 Å². The molecular formula is C2H8N2O2S. The van der Waals surface area contributed by atoms with E-state index in [1.54, 1.807) is 0 Å². The average Bonchev–Trinajstić information content (AvgIpc) is 1.69. The highest BCUT2D eigenvalue weighted by atomic mass is 32.2. The molecule has 0 heterocycles. The van der Waals surface area contributed by atoms with E-state index in [4.69, 9.17) is 11.5 Å². The van der Waals surface area contributed by atoms with Crippen molar-refractivity contribution in [1.82, 2.24) is 0 Å². The smallest absolute Gasteiger partial charge is 0.161 e. The van der Waals surface area contributed by atoms with Gasteiger partial charge in [0.2, 0.25) is 0 Å². The van der Waals surface area contributed by atoms with Crippen LogP contribution in [-0.4, -0.2) is 13.5 Å². The first kappa shape index (κ1) is 7.19. The first-order valence-corrected chi connectivity index (χ1v) is 2.39. The van der Waals surface area contributed by atoms with Crippen molar-refractivity contribution in [1.29, 1.82) is 0 Å². The van der Waals surface area contributed by atoms with E-state index in [2.05, 4.69) is 8.37 Å². The minimum Gasteiger partial charge on any atom is -0.308 e. The highest BCUT2D eigenvalue weighted by molar-refractivity contribution is 7.89. The molecule has 0 atom stereocenters. The Morgan fingerprint density at radius 2 is 1.57 bits per heavy atom. The molecule has 0 aliphatic heterocycles. The van der Waals surface area contributed by atoms with Crippen molar-refractivity contribution in [2.75, 3.05) is 13.5 Å². The van der Waals surface area contributed by atoms with Crippen LogP contribution >= 0.6 is 12.3 Å². The summed E-state index contributed by atoms with van der Waals surface area (Å²) in [5.74, 6) is 0. The SMILES string of the molecule is NCOSOCN. The van der Waals surface area contributed by atoms with Crippen LogP contribution in [0, 0.1) is 0 Å². The van der Waals surface area contributed by atoms with Gasteiger partial charge in [0, 0.05) is 0 Å². The van der Waals surface area contributed by atoms with Crippen molar-refractivity contribution in [2.45, 2.75) is 0 Å². The van der Waals surface area contributed by atoms with E-state index in [1.165, 1.54) is 0 Å². The molecule has 0 aliphatic rings. The molecule has 0 aromatic heterocycles. The Kier molecular flexibility index (Phi) is 6.36. The van der Waals surface area contributed by atoms with Gasteiger partial charge in [-0.1, -0.05) is 0 Å². The van der Waals surface area contributed by atoms with E-state index < -0.39 is 0 Å². The lowest BCUT2D eigenvalue weighted by Crippen LogP contribution is -2.02. The third-order valence-electron chi connectivity index (χ3n) is 0.232. The topological polar surface area (TPSA) is 70.5 Å². The van der Waals surface area contributed by atoms with Gasteiger partial charge in [0.15, 0.2) is 12.3 Å². The Hall–Kier alpha value is 0.190. The fraction of sp³-hybridized carbons (Fsp3) is 1.00. The van der Waals surface area contributed by atoms with Crippen molar-refractivity contribution in [3.63, 3.8) is 0 Å². The van der Waals surface area contributed by atoms with Crippen LogP contribution in [0.15, 0.2) is 0 Å². The van der Waals surface area contributed by atoms with Crippen molar-refractivity contribution in [3.8, 4) is 0 Å². The van der Waals surface area contributed by atoms with Gasteiger partial charge in [-0.3, -0.25) is 8.37 Å². The van der Waals surface area contributed by atoms with Gasteiger partial charge in [-0.05, 0) is 0 Å². The summed E-state index contributed by atoms with van der Waals surface area (Å²) >= 11 is 0.803. The molecule has 0 bridgehead atoms. The van der Waals surface area contributed by atoms with Gasteiger partial charge in [0.1, 0.15) is 13.5 Å². The Labute approximate surface area is 46.6 Å². The predicted octanol–water partition coefficient (Wildman–Crippen LogP) is -0.585. The largest absolute Gasteiger partial charge is 0.308 e. The van der Waals surface area contributed by atoms with Crippen LogP contribution < -0.4 is 11.5 Å². The lowest BCUT2D eigenvalue weighted by atomic mass is 11.4. The van der Waals surface area contributed by atoms with Crippen molar-refractivity contribution in [2.24, 2.45) is 11.5 Å². The number of hydrogen-bond acceptors (Lipinski definition) is 5. The minimum absolute atomic E-state index is 0.144.